The van der Waals surface area contributed by atoms with Crippen molar-refractivity contribution in [2.45, 2.75) is 31.9 Å². The van der Waals surface area contributed by atoms with E-state index < -0.39 is 9.84 Å². The molecular weight excluding hydrogens is 312 g/mol. The maximum atomic E-state index is 12.5. The van der Waals surface area contributed by atoms with Crippen LogP contribution in [0.2, 0.25) is 0 Å². The van der Waals surface area contributed by atoms with Crippen LogP contribution in [0.25, 0.3) is 0 Å². The van der Waals surface area contributed by atoms with Gasteiger partial charge in [-0.05, 0) is 37.0 Å². The monoisotopic (exact) mass is 334 g/mol. The second-order valence-corrected chi connectivity index (χ2v) is 8.73. The normalized spacial score (nSPS) is 16.3. The Morgan fingerprint density at radius 2 is 2.00 bits per heavy atom. The van der Waals surface area contributed by atoms with Gasteiger partial charge in [-0.2, -0.15) is 5.26 Å². The van der Waals surface area contributed by atoms with E-state index in [2.05, 4.69) is 0 Å². The first-order chi connectivity index (χ1) is 10.8. The molecule has 0 atom stereocenters. The molecule has 1 fully saturated rings. The molecule has 0 spiro atoms. The third-order valence-corrected chi connectivity index (χ3v) is 6.66. The number of hydrogen-bond acceptors (Lipinski definition) is 4. The molecule has 1 aliphatic heterocycles. The third kappa shape index (κ3) is 4.32. The lowest BCUT2D eigenvalue weighted by molar-refractivity contribution is 0.0725. The van der Waals surface area contributed by atoms with Gasteiger partial charge in [0.05, 0.1) is 22.6 Å². The molecule has 1 saturated heterocycles. The first-order valence-electron chi connectivity index (χ1n) is 7.84. The predicted molar refractivity (Wildman–Crippen MR) is 88.7 cm³/mol. The van der Waals surface area contributed by atoms with Crippen LogP contribution in [-0.2, 0) is 9.84 Å². The molecule has 6 heteroatoms. The zero-order valence-corrected chi connectivity index (χ0v) is 14.3. The lowest BCUT2D eigenvalue weighted by atomic mass is 10.1. The molecule has 1 aliphatic rings. The largest absolute Gasteiger partial charge is 0.339 e. The van der Waals surface area contributed by atoms with E-state index in [1.54, 1.807) is 29.2 Å². The Hall–Kier alpha value is -1.87. The Labute approximate surface area is 137 Å². The number of benzene rings is 1. The van der Waals surface area contributed by atoms with E-state index in [4.69, 9.17) is 5.26 Å². The summed E-state index contributed by atoms with van der Waals surface area (Å²) in [5.74, 6) is 0.186. The van der Waals surface area contributed by atoms with Crippen LogP contribution in [0, 0.1) is 17.2 Å². The Bertz CT molecular complexity index is 712. The molecule has 0 aliphatic carbocycles. The number of amides is 1. The molecule has 0 bridgehead atoms. The smallest absolute Gasteiger partial charge is 0.253 e. The standard InChI is InChI=1S/C17H22N2O3S/c1-13(2)12-23(21,22)16-6-8-19(9-7-16)17(20)15-5-3-4-14(10-15)11-18/h3-5,10,13,16H,6-9,12H2,1-2H3. The predicted octanol–water partition coefficient (Wildman–Crippen LogP) is 2.23. The van der Waals surface area contributed by atoms with Crippen LogP contribution in [0.4, 0.5) is 0 Å². The number of nitrogens with zero attached hydrogens (tertiary/aromatic N) is 2. The first-order valence-corrected chi connectivity index (χ1v) is 9.56. The van der Waals surface area contributed by atoms with Crippen molar-refractivity contribution in [3.63, 3.8) is 0 Å². The Morgan fingerprint density at radius 3 is 2.57 bits per heavy atom. The number of nitriles is 1. The molecule has 0 aromatic heterocycles. The van der Waals surface area contributed by atoms with Crippen LogP contribution in [0.1, 0.15) is 42.6 Å². The van der Waals surface area contributed by atoms with Gasteiger partial charge in [0.1, 0.15) is 0 Å². The molecule has 1 aromatic carbocycles. The molecule has 0 radical (unpaired) electrons. The molecule has 0 saturated carbocycles. The van der Waals surface area contributed by atoms with Crippen molar-refractivity contribution < 1.29 is 13.2 Å². The molecule has 1 heterocycles. The number of piperidine rings is 1. The number of carbonyl (C=O) groups excluding carboxylic acids is 1. The van der Waals surface area contributed by atoms with E-state index in [9.17, 15) is 13.2 Å². The lowest BCUT2D eigenvalue weighted by Gasteiger charge is -2.32. The van der Waals surface area contributed by atoms with Gasteiger partial charge in [0.15, 0.2) is 9.84 Å². The van der Waals surface area contributed by atoms with Crippen molar-refractivity contribution >= 4 is 15.7 Å². The van der Waals surface area contributed by atoms with Crippen molar-refractivity contribution in [1.82, 2.24) is 4.90 Å². The Kier molecular flexibility index (Phi) is 5.42. The van der Waals surface area contributed by atoms with Gasteiger partial charge in [-0.25, -0.2) is 8.42 Å². The highest BCUT2D eigenvalue weighted by molar-refractivity contribution is 7.92. The molecule has 1 amide bonds. The lowest BCUT2D eigenvalue weighted by Crippen LogP contribution is -2.43. The molecule has 2 rings (SSSR count). The number of carbonyl (C=O) groups is 1. The minimum Gasteiger partial charge on any atom is -0.339 e. The van der Waals surface area contributed by atoms with Crippen LogP contribution in [0.3, 0.4) is 0 Å². The third-order valence-electron chi connectivity index (χ3n) is 4.04. The summed E-state index contributed by atoms with van der Waals surface area (Å²) in [6.45, 7) is 4.69. The molecule has 0 N–H and O–H groups in total. The van der Waals surface area contributed by atoms with Gasteiger partial charge in [0.2, 0.25) is 0 Å². The fourth-order valence-electron chi connectivity index (χ4n) is 2.92. The zero-order chi connectivity index (χ0) is 17.0. The maximum Gasteiger partial charge on any atom is 0.253 e. The summed E-state index contributed by atoms with van der Waals surface area (Å²) in [7, 11) is -3.09. The van der Waals surface area contributed by atoms with Crippen LogP contribution in [-0.4, -0.2) is 43.3 Å². The van der Waals surface area contributed by atoms with E-state index in [-0.39, 0.29) is 22.8 Å². The summed E-state index contributed by atoms with van der Waals surface area (Å²) in [4.78, 5) is 14.1. The summed E-state index contributed by atoms with van der Waals surface area (Å²) in [6, 6.07) is 8.62. The molecule has 23 heavy (non-hydrogen) atoms. The van der Waals surface area contributed by atoms with Crippen molar-refractivity contribution in [1.29, 1.82) is 5.26 Å². The highest BCUT2D eigenvalue weighted by Crippen LogP contribution is 2.21. The summed E-state index contributed by atoms with van der Waals surface area (Å²) < 4.78 is 24.6. The molecule has 124 valence electrons. The minimum absolute atomic E-state index is 0.119. The SMILES string of the molecule is CC(C)CS(=O)(=O)C1CCN(C(=O)c2cccc(C#N)c2)CC1. The van der Waals surface area contributed by atoms with Crippen LogP contribution in [0.5, 0.6) is 0 Å². The van der Waals surface area contributed by atoms with Crippen LogP contribution in [0.15, 0.2) is 24.3 Å². The Balaban J connectivity index is 2.01. The fourth-order valence-corrected chi connectivity index (χ4v) is 5.05. The van der Waals surface area contributed by atoms with Crippen LogP contribution >= 0.6 is 0 Å². The van der Waals surface area contributed by atoms with E-state index in [1.165, 1.54) is 0 Å². The van der Waals surface area contributed by atoms with Gasteiger partial charge in [-0.1, -0.05) is 19.9 Å². The van der Waals surface area contributed by atoms with Crippen molar-refractivity contribution in [3.8, 4) is 6.07 Å². The van der Waals surface area contributed by atoms with Crippen molar-refractivity contribution in [3.05, 3.63) is 35.4 Å². The quantitative estimate of drug-likeness (QED) is 0.846. The number of hydrogen-bond donors (Lipinski definition) is 0. The van der Waals surface area contributed by atoms with Crippen molar-refractivity contribution in [2.24, 2.45) is 5.92 Å². The van der Waals surface area contributed by atoms with E-state index in [0.717, 1.165) is 0 Å². The van der Waals surface area contributed by atoms with Gasteiger partial charge >= 0.3 is 0 Å². The van der Waals surface area contributed by atoms with E-state index in [1.807, 2.05) is 19.9 Å². The Morgan fingerprint density at radius 1 is 1.35 bits per heavy atom. The molecule has 5 nitrogen and oxygen atoms in total. The van der Waals surface area contributed by atoms with Gasteiger partial charge in [0.25, 0.3) is 5.91 Å². The summed E-state index contributed by atoms with van der Waals surface area (Å²) in [5, 5.41) is 8.56. The van der Waals surface area contributed by atoms with E-state index in [0.29, 0.717) is 37.1 Å². The highest BCUT2D eigenvalue weighted by atomic mass is 32.2. The fraction of sp³-hybridized carbons (Fsp3) is 0.529. The number of rotatable bonds is 4. The summed E-state index contributed by atoms with van der Waals surface area (Å²) in [6.07, 6.45) is 0.970. The van der Waals surface area contributed by atoms with Gasteiger partial charge < -0.3 is 4.90 Å². The topological polar surface area (TPSA) is 78.2 Å². The number of likely N-dealkylation sites (tertiary alicyclic amines) is 1. The van der Waals surface area contributed by atoms with Gasteiger partial charge in [-0.15, -0.1) is 0 Å². The van der Waals surface area contributed by atoms with Gasteiger partial charge in [-0.3, -0.25) is 4.79 Å². The molecule has 1 aromatic rings. The van der Waals surface area contributed by atoms with Gasteiger partial charge in [0, 0.05) is 18.7 Å². The summed E-state index contributed by atoms with van der Waals surface area (Å²) >= 11 is 0. The summed E-state index contributed by atoms with van der Waals surface area (Å²) in [5.41, 5.74) is 0.929. The minimum atomic E-state index is -3.09. The van der Waals surface area contributed by atoms with Crippen LogP contribution < -0.4 is 0 Å². The highest BCUT2D eigenvalue weighted by Gasteiger charge is 2.32. The second kappa shape index (κ2) is 7.14. The average Bonchev–Trinajstić information content (AvgIpc) is 2.53. The first kappa shape index (κ1) is 17.5. The average molecular weight is 334 g/mol. The maximum absolute atomic E-state index is 12.5. The zero-order valence-electron chi connectivity index (χ0n) is 13.5. The second-order valence-electron chi connectivity index (χ2n) is 6.41. The number of sulfone groups is 1. The molecule has 0 unspecified atom stereocenters. The van der Waals surface area contributed by atoms with Crippen molar-refractivity contribution in [2.75, 3.05) is 18.8 Å². The van der Waals surface area contributed by atoms with E-state index >= 15 is 0 Å². The molecular formula is C17H22N2O3S.